The summed E-state index contributed by atoms with van der Waals surface area (Å²) in [7, 11) is 3.86. The first kappa shape index (κ1) is 24.4. The fourth-order valence-corrected chi connectivity index (χ4v) is 4.27. The maximum Gasteiger partial charge on any atom is 0.411 e. The van der Waals surface area contributed by atoms with Gasteiger partial charge in [0, 0.05) is 12.1 Å². The van der Waals surface area contributed by atoms with Gasteiger partial charge in [0.05, 0.1) is 24.2 Å². The third-order valence-corrected chi connectivity index (χ3v) is 6.17. The van der Waals surface area contributed by atoms with E-state index in [0.717, 1.165) is 16.8 Å². The van der Waals surface area contributed by atoms with Crippen LogP contribution in [0.3, 0.4) is 0 Å². The molecule has 1 aliphatic rings. The highest BCUT2D eigenvalue weighted by molar-refractivity contribution is 5.92. The van der Waals surface area contributed by atoms with E-state index in [1.165, 1.54) is 12.1 Å². The molecule has 0 unspecified atom stereocenters. The van der Waals surface area contributed by atoms with Crippen molar-refractivity contribution >= 4 is 17.8 Å². The van der Waals surface area contributed by atoms with E-state index in [1.807, 2.05) is 63.2 Å². The first-order valence-electron chi connectivity index (χ1n) is 11.4. The number of hydrogen-bond donors (Lipinski definition) is 2. The summed E-state index contributed by atoms with van der Waals surface area (Å²) in [5, 5.41) is 10.1. The molecule has 0 spiro atoms. The van der Waals surface area contributed by atoms with Crippen LogP contribution < -0.4 is 5.32 Å². The second kappa shape index (κ2) is 9.87. The molecule has 4 rings (SSSR count). The quantitative estimate of drug-likeness (QED) is 0.530. The zero-order chi connectivity index (χ0) is 25.2. The van der Waals surface area contributed by atoms with Crippen molar-refractivity contribution in [3.05, 3.63) is 82.8 Å². The molecule has 3 aromatic rings. The van der Waals surface area contributed by atoms with Crippen LogP contribution in [0, 0.1) is 5.82 Å². The van der Waals surface area contributed by atoms with E-state index in [-0.39, 0.29) is 24.7 Å². The van der Waals surface area contributed by atoms with E-state index in [0.29, 0.717) is 17.9 Å². The van der Waals surface area contributed by atoms with Gasteiger partial charge >= 0.3 is 6.09 Å². The lowest BCUT2D eigenvalue weighted by atomic mass is 10.0. The highest BCUT2D eigenvalue weighted by Gasteiger charge is 2.45. The topological polar surface area (TPSA) is 90.6 Å². The van der Waals surface area contributed by atoms with Crippen molar-refractivity contribution in [2.24, 2.45) is 0 Å². The van der Waals surface area contributed by atoms with Crippen molar-refractivity contribution in [2.75, 3.05) is 26.0 Å². The molecule has 1 atom stereocenters. The predicted octanol–water partition coefficient (Wildman–Crippen LogP) is 4.22. The standard InChI is InChI=1S/C26H30FN5O3/c1-26(2)23-20(24(30-29-23)28-22(33)14-17-10-12-19(27)13-11-17)15-32(26)25(34)35-21(16-31(3)4)18-8-6-5-7-9-18/h5-13,21H,14-16H2,1-4H3,(H2,28,29,30,33)/t21-/m1/s1. The number of halogens is 1. The lowest BCUT2D eigenvalue weighted by Crippen LogP contribution is -2.42. The molecule has 1 aromatic heterocycles. The number of hydrogen-bond acceptors (Lipinski definition) is 5. The van der Waals surface area contributed by atoms with Crippen molar-refractivity contribution in [3.8, 4) is 0 Å². The van der Waals surface area contributed by atoms with Crippen LogP contribution in [-0.4, -0.2) is 52.6 Å². The number of benzene rings is 2. The molecule has 0 fully saturated rings. The minimum absolute atomic E-state index is 0.0837. The van der Waals surface area contributed by atoms with Crippen LogP contribution in [0.1, 0.15) is 42.3 Å². The number of aromatic amines is 1. The monoisotopic (exact) mass is 479 g/mol. The average Bonchev–Trinajstić information content (AvgIpc) is 3.33. The number of nitrogens with zero attached hydrogens (tertiary/aromatic N) is 3. The van der Waals surface area contributed by atoms with Crippen LogP contribution in [0.15, 0.2) is 54.6 Å². The Kier molecular flexibility index (Phi) is 6.88. The van der Waals surface area contributed by atoms with Crippen molar-refractivity contribution in [3.63, 3.8) is 0 Å². The second-order valence-corrected chi connectivity index (χ2v) is 9.47. The van der Waals surface area contributed by atoms with Crippen molar-refractivity contribution < 1.29 is 18.7 Å². The Bertz CT molecular complexity index is 1190. The van der Waals surface area contributed by atoms with Crippen LogP contribution in [0.2, 0.25) is 0 Å². The van der Waals surface area contributed by atoms with Crippen LogP contribution in [0.5, 0.6) is 0 Å². The number of aromatic nitrogens is 2. The number of amides is 2. The molecule has 2 amide bonds. The van der Waals surface area contributed by atoms with Crippen molar-refractivity contribution in [2.45, 2.75) is 38.5 Å². The number of likely N-dealkylation sites (N-methyl/N-ethyl adjacent to an activating group) is 1. The molecule has 8 nitrogen and oxygen atoms in total. The van der Waals surface area contributed by atoms with Crippen LogP contribution in [0.4, 0.5) is 15.0 Å². The Hall–Kier alpha value is -3.72. The molecule has 184 valence electrons. The van der Waals surface area contributed by atoms with Crippen molar-refractivity contribution in [1.82, 2.24) is 20.0 Å². The van der Waals surface area contributed by atoms with Crippen LogP contribution >= 0.6 is 0 Å². The molecule has 0 saturated carbocycles. The van der Waals surface area contributed by atoms with Crippen molar-refractivity contribution in [1.29, 1.82) is 0 Å². The minimum Gasteiger partial charge on any atom is -0.440 e. The zero-order valence-corrected chi connectivity index (χ0v) is 20.3. The molecule has 1 aliphatic heterocycles. The minimum atomic E-state index is -0.710. The molecule has 2 aromatic carbocycles. The van der Waals surface area contributed by atoms with Gasteiger partial charge in [-0.05, 0) is 51.2 Å². The number of carbonyl (C=O) groups is 2. The van der Waals surface area contributed by atoms with E-state index in [4.69, 9.17) is 4.74 Å². The maximum absolute atomic E-state index is 13.3. The Labute approximate surface area is 204 Å². The summed E-state index contributed by atoms with van der Waals surface area (Å²) in [5.74, 6) is -0.253. The van der Waals surface area contributed by atoms with Gasteiger partial charge in [-0.3, -0.25) is 14.8 Å². The summed E-state index contributed by atoms with van der Waals surface area (Å²) < 4.78 is 19.1. The molecule has 0 saturated heterocycles. The summed E-state index contributed by atoms with van der Waals surface area (Å²) in [6, 6.07) is 15.4. The number of ether oxygens (including phenoxy) is 1. The largest absolute Gasteiger partial charge is 0.440 e. The van der Waals surface area contributed by atoms with Crippen LogP contribution in [0.25, 0.3) is 0 Å². The molecule has 2 N–H and O–H groups in total. The van der Waals surface area contributed by atoms with Crippen LogP contribution in [-0.2, 0) is 28.0 Å². The first-order chi connectivity index (χ1) is 16.6. The van der Waals surface area contributed by atoms with Gasteiger partial charge in [0.1, 0.15) is 11.9 Å². The Morgan fingerprint density at radius 3 is 2.51 bits per heavy atom. The maximum atomic E-state index is 13.3. The summed E-state index contributed by atoms with van der Waals surface area (Å²) in [5.41, 5.74) is 2.38. The Morgan fingerprint density at radius 2 is 1.86 bits per heavy atom. The van der Waals surface area contributed by atoms with Gasteiger partial charge in [-0.2, -0.15) is 5.10 Å². The zero-order valence-electron chi connectivity index (χ0n) is 20.3. The Balaban J connectivity index is 1.47. The first-order valence-corrected chi connectivity index (χ1v) is 11.4. The summed E-state index contributed by atoms with van der Waals surface area (Å²) in [6.07, 6.45) is -0.791. The number of rotatable bonds is 7. The van der Waals surface area contributed by atoms with Gasteiger partial charge in [-0.1, -0.05) is 42.5 Å². The summed E-state index contributed by atoms with van der Waals surface area (Å²) >= 11 is 0. The summed E-state index contributed by atoms with van der Waals surface area (Å²) in [4.78, 5) is 29.5. The van der Waals surface area contributed by atoms with E-state index in [2.05, 4.69) is 15.5 Å². The molecule has 0 radical (unpaired) electrons. The molecule has 0 bridgehead atoms. The average molecular weight is 480 g/mol. The molecule has 9 heteroatoms. The third-order valence-electron chi connectivity index (χ3n) is 6.17. The SMILES string of the molecule is CN(C)C[C@@H](OC(=O)N1Cc2c(NC(=O)Cc3ccc(F)cc3)n[nH]c2C1(C)C)c1ccccc1. The number of fused-ring (bicyclic) bond motifs is 1. The van der Waals surface area contributed by atoms with E-state index < -0.39 is 17.7 Å². The third kappa shape index (κ3) is 5.35. The van der Waals surface area contributed by atoms with Gasteiger partial charge in [0.25, 0.3) is 0 Å². The smallest absolute Gasteiger partial charge is 0.411 e. The molecule has 2 heterocycles. The number of nitrogens with one attached hydrogen (secondary N) is 2. The Morgan fingerprint density at radius 1 is 1.17 bits per heavy atom. The normalized spacial score (nSPS) is 15.1. The number of carbonyl (C=O) groups excluding carboxylic acids is 2. The highest BCUT2D eigenvalue weighted by atomic mass is 19.1. The number of H-pyrrole nitrogens is 1. The molecule has 0 aliphatic carbocycles. The fourth-order valence-electron chi connectivity index (χ4n) is 4.27. The summed E-state index contributed by atoms with van der Waals surface area (Å²) in [6.45, 7) is 4.60. The highest BCUT2D eigenvalue weighted by Crippen LogP contribution is 2.41. The van der Waals surface area contributed by atoms with Gasteiger partial charge in [-0.15, -0.1) is 0 Å². The fraction of sp³-hybridized carbons (Fsp3) is 0.346. The van der Waals surface area contributed by atoms with Gasteiger partial charge < -0.3 is 15.0 Å². The van der Waals surface area contributed by atoms with Gasteiger partial charge in [0.15, 0.2) is 5.82 Å². The predicted molar refractivity (Wildman–Crippen MR) is 130 cm³/mol. The molecular weight excluding hydrogens is 449 g/mol. The molecule has 35 heavy (non-hydrogen) atoms. The lowest BCUT2D eigenvalue weighted by Gasteiger charge is -2.33. The van der Waals surface area contributed by atoms with E-state index in [1.54, 1.807) is 17.0 Å². The molecular formula is C26H30FN5O3. The van der Waals surface area contributed by atoms with Gasteiger partial charge in [0.2, 0.25) is 5.91 Å². The van der Waals surface area contributed by atoms with E-state index in [9.17, 15) is 14.0 Å². The van der Waals surface area contributed by atoms with Gasteiger partial charge in [-0.25, -0.2) is 9.18 Å². The lowest BCUT2D eigenvalue weighted by molar-refractivity contribution is -0.115. The second-order valence-electron chi connectivity index (χ2n) is 9.47. The number of anilines is 1. The van der Waals surface area contributed by atoms with E-state index >= 15 is 0 Å².